The first-order chi connectivity index (χ1) is 22.7. The maximum atomic E-state index is 13.4. The minimum atomic E-state index is -0.410. The predicted molar refractivity (Wildman–Crippen MR) is 181 cm³/mol. The molecule has 0 bridgehead atoms. The van der Waals surface area contributed by atoms with Crippen molar-refractivity contribution in [3.05, 3.63) is 144 Å². The molecule has 1 aliphatic heterocycles. The number of ether oxygens (including phenoxy) is 1. The van der Waals surface area contributed by atoms with Crippen LogP contribution < -0.4 is 4.74 Å². The van der Waals surface area contributed by atoms with Crippen LogP contribution in [0.2, 0.25) is 0 Å². The molecule has 1 saturated carbocycles. The normalized spacial score (nSPS) is 20.2. The molecule has 7 rings (SSSR count). The molecule has 2 atom stereocenters. The molecule has 7 nitrogen and oxygen atoms in total. The molecule has 0 N–H and O–H groups in total. The first-order valence-electron chi connectivity index (χ1n) is 16.3. The number of hydrogen-bond acceptors (Lipinski definition) is 5. The molecule has 2 fully saturated rings. The summed E-state index contributed by atoms with van der Waals surface area (Å²) in [5.74, 6) is 0.684. The van der Waals surface area contributed by atoms with Crippen LogP contribution in [0.25, 0.3) is 6.08 Å². The van der Waals surface area contributed by atoms with Crippen molar-refractivity contribution in [2.75, 3.05) is 0 Å². The van der Waals surface area contributed by atoms with Crippen LogP contribution in [0.4, 0.5) is 0 Å². The number of aromatic nitrogens is 3. The van der Waals surface area contributed by atoms with E-state index in [1.165, 1.54) is 19.3 Å². The number of ketones is 1. The molecular formula is C39H40FeN4O3. The van der Waals surface area contributed by atoms with E-state index in [4.69, 9.17) is 4.74 Å². The second-order valence-electron chi connectivity index (χ2n) is 11.9. The standard InChI is InChI=1S/C34H34N4O3.C5H6.Fe/c39-32(22-16-26-11-7-8-12-26)27-17-19-30(20-18-27)41-24-28-23-37(36-35-28)33-31(21-15-25-9-3-1-4-10-25)38(34(33)40)29-13-5-2-6-14-29;1-2-4-5-3-1;/h1,3-4,7,9-12,15-23,29,31,33H,2,5-6,8,13-14,24H2;1-4H,5H2;/b21-15+,22-16+;;/t31-,33?;;/m1../s1. The van der Waals surface area contributed by atoms with E-state index in [1.54, 1.807) is 41.2 Å². The molecule has 1 unspecified atom stereocenters. The number of carbonyl (C=O) groups excluding carboxylic acids is 2. The molecule has 1 saturated heterocycles. The number of allylic oxidation sites excluding steroid dienone is 10. The van der Waals surface area contributed by atoms with Crippen molar-refractivity contribution in [3.8, 4) is 5.75 Å². The van der Waals surface area contributed by atoms with Gasteiger partial charge in [0.2, 0.25) is 0 Å². The van der Waals surface area contributed by atoms with E-state index in [9.17, 15) is 9.59 Å². The molecule has 47 heavy (non-hydrogen) atoms. The zero-order valence-electron chi connectivity index (χ0n) is 26.4. The van der Waals surface area contributed by atoms with Crippen LogP contribution in [0, 0.1) is 0 Å². The number of likely N-dealkylation sites (tertiary alicyclic amines) is 1. The van der Waals surface area contributed by atoms with Gasteiger partial charge in [-0.3, -0.25) is 9.59 Å². The Morgan fingerprint density at radius 3 is 2.36 bits per heavy atom. The third-order valence-electron chi connectivity index (χ3n) is 8.66. The SMILES string of the molecule is C1=CCC=C1.O=C(/C=C/C1=CCC=C1)c1ccc(OCc2cn(C3C(=O)N(C4CCCCC4)[C@@H]3/C=C/c3ccccc3)nn2)cc1.[Fe]. The number of carbonyl (C=O) groups is 2. The summed E-state index contributed by atoms with van der Waals surface area (Å²) in [4.78, 5) is 27.9. The van der Waals surface area contributed by atoms with Crippen LogP contribution in [-0.4, -0.2) is 43.7 Å². The molecule has 0 spiro atoms. The molecule has 4 aliphatic rings. The Morgan fingerprint density at radius 1 is 0.915 bits per heavy atom. The molecule has 2 heterocycles. The fourth-order valence-corrected chi connectivity index (χ4v) is 6.19. The average molecular weight is 669 g/mol. The van der Waals surface area contributed by atoms with Crippen LogP contribution >= 0.6 is 0 Å². The van der Waals surface area contributed by atoms with E-state index in [0.29, 0.717) is 17.0 Å². The van der Waals surface area contributed by atoms with Crippen LogP contribution in [0.3, 0.4) is 0 Å². The Bertz CT molecular complexity index is 1670. The van der Waals surface area contributed by atoms with Gasteiger partial charge in [-0.15, -0.1) is 5.10 Å². The van der Waals surface area contributed by atoms with Gasteiger partial charge in [-0.2, -0.15) is 0 Å². The summed E-state index contributed by atoms with van der Waals surface area (Å²) in [5.41, 5.74) is 3.40. The summed E-state index contributed by atoms with van der Waals surface area (Å²) in [5, 5.41) is 8.61. The van der Waals surface area contributed by atoms with E-state index in [2.05, 4.69) is 76.0 Å². The number of amides is 1. The van der Waals surface area contributed by atoms with Crippen molar-refractivity contribution in [2.24, 2.45) is 0 Å². The molecule has 1 aromatic heterocycles. The Hall–Kier alpha value is -4.52. The summed E-state index contributed by atoms with van der Waals surface area (Å²) in [6, 6.07) is 17.0. The zero-order chi connectivity index (χ0) is 31.6. The van der Waals surface area contributed by atoms with Gasteiger partial charge in [0, 0.05) is 28.7 Å². The number of hydrogen-bond donors (Lipinski definition) is 0. The van der Waals surface area contributed by atoms with Gasteiger partial charge in [0.1, 0.15) is 18.1 Å². The summed E-state index contributed by atoms with van der Waals surface area (Å²) < 4.78 is 7.60. The number of rotatable bonds is 10. The summed E-state index contributed by atoms with van der Waals surface area (Å²) in [7, 11) is 0. The number of nitrogens with zero attached hydrogens (tertiary/aromatic N) is 4. The van der Waals surface area contributed by atoms with E-state index in [-0.39, 0.29) is 47.4 Å². The van der Waals surface area contributed by atoms with Crippen molar-refractivity contribution < 1.29 is 31.4 Å². The molecular weight excluding hydrogens is 628 g/mol. The van der Waals surface area contributed by atoms with Crippen LogP contribution in [-0.2, 0) is 28.5 Å². The summed E-state index contributed by atoms with van der Waals surface area (Å²) in [6.45, 7) is 0.214. The van der Waals surface area contributed by atoms with Crippen molar-refractivity contribution in [1.29, 1.82) is 0 Å². The molecule has 2 aromatic carbocycles. The van der Waals surface area contributed by atoms with E-state index in [0.717, 1.165) is 36.8 Å². The smallest absolute Gasteiger partial charge is 0.250 e. The molecule has 1 amide bonds. The van der Waals surface area contributed by atoms with Gasteiger partial charge in [0.05, 0.1) is 12.2 Å². The average Bonchev–Trinajstić information content (AvgIpc) is 3.92. The first kappa shape index (κ1) is 33.8. The predicted octanol–water partition coefficient (Wildman–Crippen LogP) is 7.78. The Kier molecular flexibility index (Phi) is 12.1. The van der Waals surface area contributed by atoms with Crippen molar-refractivity contribution >= 4 is 17.8 Å². The van der Waals surface area contributed by atoms with Crippen LogP contribution in [0.5, 0.6) is 5.75 Å². The maximum absolute atomic E-state index is 13.4. The summed E-state index contributed by atoms with van der Waals surface area (Å²) in [6.07, 6.45) is 31.7. The monoisotopic (exact) mass is 668 g/mol. The minimum Gasteiger partial charge on any atom is -0.487 e. The van der Waals surface area contributed by atoms with Crippen molar-refractivity contribution in [3.63, 3.8) is 0 Å². The quantitative estimate of drug-likeness (QED) is 0.0955. The maximum Gasteiger partial charge on any atom is 0.250 e. The van der Waals surface area contributed by atoms with E-state index < -0.39 is 6.04 Å². The topological polar surface area (TPSA) is 77.3 Å². The van der Waals surface area contributed by atoms with E-state index >= 15 is 0 Å². The van der Waals surface area contributed by atoms with Gasteiger partial charge in [0.15, 0.2) is 11.8 Å². The van der Waals surface area contributed by atoms with Gasteiger partial charge in [-0.25, -0.2) is 4.68 Å². The van der Waals surface area contributed by atoms with Gasteiger partial charge in [0.25, 0.3) is 5.91 Å². The van der Waals surface area contributed by atoms with Crippen molar-refractivity contribution in [1.82, 2.24) is 19.9 Å². The third kappa shape index (κ3) is 8.85. The minimum absolute atomic E-state index is 0. The second-order valence-corrected chi connectivity index (χ2v) is 11.9. The fourth-order valence-electron chi connectivity index (χ4n) is 6.19. The number of β-lactam (4-membered cyclic amide) rings is 1. The van der Waals surface area contributed by atoms with Gasteiger partial charge in [-0.05, 0) is 67.2 Å². The molecule has 8 heteroatoms. The Balaban J connectivity index is 0.000000662. The molecule has 3 aliphatic carbocycles. The van der Waals surface area contributed by atoms with Crippen molar-refractivity contribution in [2.45, 2.75) is 69.7 Å². The third-order valence-corrected chi connectivity index (χ3v) is 8.66. The largest absolute Gasteiger partial charge is 0.487 e. The first-order valence-corrected chi connectivity index (χ1v) is 16.3. The van der Waals surface area contributed by atoms with Crippen LogP contribution in [0.1, 0.15) is 72.6 Å². The Labute approximate surface area is 287 Å². The van der Waals surface area contributed by atoms with Gasteiger partial charge < -0.3 is 9.64 Å². The van der Waals surface area contributed by atoms with Gasteiger partial charge >= 0.3 is 0 Å². The second kappa shape index (κ2) is 16.9. The molecule has 0 radical (unpaired) electrons. The molecule has 3 aromatic rings. The summed E-state index contributed by atoms with van der Waals surface area (Å²) >= 11 is 0. The molecule has 242 valence electrons. The Morgan fingerprint density at radius 2 is 1.68 bits per heavy atom. The number of benzene rings is 2. The zero-order valence-corrected chi connectivity index (χ0v) is 27.5. The van der Waals surface area contributed by atoms with Gasteiger partial charge in [-0.1, -0.05) is 116 Å². The fraction of sp³-hybridized carbons (Fsp3) is 0.282. The van der Waals surface area contributed by atoms with E-state index in [1.807, 2.05) is 30.4 Å². The van der Waals surface area contributed by atoms with Crippen LogP contribution in [0.15, 0.2) is 127 Å².